The maximum atomic E-state index is 12.9. The molecule has 7 nitrogen and oxygen atoms in total. The number of carbonyl (C=O) groups is 2. The molecule has 0 saturated carbocycles. The van der Waals surface area contributed by atoms with E-state index >= 15 is 0 Å². The highest BCUT2D eigenvalue weighted by Crippen LogP contribution is 2.30. The maximum absolute atomic E-state index is 12.9. The quantitative estimate of drug-likeness (QED) is 0.534. The van der Waals surface area contributed by atoms with Gasteiger partial charge in [0.25, 0.3) is 5.91 Å². The lowest BCUT2D eigenvalue weighted by Gasteiger charge is -2.13. The molecule has 148 valence electrons. The second-order valence-electron chi connectivity index (χ2n) is 6.21. The van der Waals surface area contributed by atoms with Crippen LogP contribution in [0.25, 0.3) is 6.08 Å². The molecule has 0 radical (unpaired) electrons. The number of anilines is 1. The monoisotopic (exact) mass is 391 g/mol. The van der Waals surface area contributed by atoms with E-state index in [1.165, 1.54) is 30.3 Å². The first-order valence-electron chi connectivity index (χ1n) is 8.79. The van der Waals surface area contributed by atoms with Gasteiger partial charge in [0.05, 0.1) is 30.1 Å². The van der Waals surface area contributed by atoms with Crippen LogP contribution >= 0.6 is 0 Å². The van der Waals surface area contributed by atoms with Crippen molar-refractivity contribution in [1.82, 2.24) is 0 Å². The Morgan fingerprint density at radius 2 is 2.03 bits per heavy atom. The lowest BCUT2D eigenvalue weighted by Crippen LogP contribution is -2.24. The number of methoxy groups -OCH3 is 1. The molecule has 7 heteroatoms. The second-order valence-corrected chi connectivity index (χ2v) is 6.21. The van der Waals surface area contributed by atoms with Crippen molar-refractivity contribution in [2.75, 3.05) is 18.7 Å². The normalized spacial score (nSPS) is 14.7. The van der Waals surface area contributed by atoms with Gasteiger partial charge in [0.2, 0.25) is 0 Å². The van der Waals surface area contributed by atoms with Crippen LogP contribution in [0.2, 0.25) is 0 Å². The van der Waals surface area contributed by atoms with E-state index < -0.39 is 5.97 Å². The molecule has 2 aromatic rings. The fraction of sp³-hybridized carbons (Fsp3) is 0.136. The van der Waals surface area contributed by atoms with E-state index in [2.05, 4.69) is 11.7 Å². The Bertz CT molecular complexity index is 1040. The molecule has 3 rings (SSSR count). The molecule has 0 N–H and O–H groups in total. The maximum Gasteiger partial charge on any atom is 0.280 e. The van der Waals surface area contributed by atoms with Crippen LogP contribution in [-0.4, -0.2) is 31.3 Å². The third kappa shape index (κ3) is 4.19. The van der Waals surface area contributed by atoms with E-state index in [0.717, 1.165) is 5.56 Å². The van der Waals surface area contributed by atoms with Gasteiger partial charge in [-0.05, 0) is 48.4 Å². The highest BCUT2D eigenvalue weighted by Gasteiger charge is 2.29. The molecule has 0 bridgehead atoms. The molecule has 2 aromatic carbocycles. The molecule has 0 unspecified atom stereocenters. The highest BCUT2D eigenvalue weighted by molar-refractivity contribution is 6.32. The lowest BCUT2D eigenvalue weighted by molar-refractivity contribution is -0.255. The Morgan fingerprint density at radius 3 is 2.72 bits per heavy atom. The van der Waals surface area contributed by atoms with Crippen molar-refractivity contribution < 1.29 is 24.2 Å². The van der Waals surface area contributed by atoms with Crippen molar-refractivity contribution in [3.05, 3.63) is 71.8 Å². The number of hydrazone groups is 1. The van der Waals surface area contributed by atoms with E-state index in [9.17, 15) is 14.7 Å². The predicted molar refractivity (Wildman–Crippen MR) is 108 cm³/mol. The third-order valence-electron chi connectivity index (χ3n) is 4.24. The second kappa shape index (κ2) is 8.43. The first-order chi connectivity index (χ1) is 13.9. The summed E-state index contributed by atoms with van der Waals surface area (Å²) in [4.78, 5) is 24.0. The minimum absolute atomic E-state index is 0.0274. The zero-order valence-corrected chi connectivity index (χ0v) is 16.0. The number of rotatable bonds is 7. The molecular formula is C22H19N2O5-. The summed E-state index contributed by atoms with van der Waals surface area (Å²) >= 11 is 0. The molecular weight excluding hydrogens is 372 g/mol. The van der Waals surface area contributed by atoms with Crippen LogP contribution in [0.1, 0.15) is 22.8 Å². The van der Waals surface area contributed by atoms with E-state index in [0.29, 0.717) is 35.1 Å². The summed E-state index contributed by atoms with van der Waals surface area (Å²) in [5.41, 5.74) is 1.96. The molecule has 0 atom stereocenters. The number of amides is 1. The fourth-order valence-corrected chi connectivity index (χ4v) is 2.83. The number of benzene rings is 2. The largest absolute Gasteiger partial charge is 0.545 e. The minimum Gasteiger partial charge on any atom is -0.545 e. The molecule has 1 aliphatic heterocycles. The molecule has 1 aliphatic rings. The number of nitrogens with zero attached hydrogens (tertiary/aromatic N) is 2. The highest BCUT2D eigenvalue weighted by atomic mass is 16.5. The smallest absolute Gasteiger partial charge is 0.280 e. The predicted octanol–water partition coefficient (Wildman–Crippen LogP) is 2.43. The van der Waals surface area contributed by atoms with Gasteiger partial charge in [-0.2, -0.15) is 10.1 Å². The standard InChI is InChI=1S/C22H20N2O5/c1-4-10-29-19-9-8-15(12-20(19)28-3)11-18-14(2)23-24(21(18)25)17-7-5-6-16(13-17)22(26)27/h4-9,11-13H,1,10H2,2-3H3,(H,26,27)/p-1/b18-11-. The van der Waals surface area contributed by atoms with Crippen molar-refractivity contribution >= 4 is 29.4 Å². The summed E-state index contributed by atoms with van der Waals surface area (Å²) in [5, 5.41) is 16.5. The van der Waals surface area contributed by atoms with Crippen LogP contribution in [-0.2, 0) is 4.79 Å². The van der Waals surface area contributed by atoms with Gasteiger partial charge in [0, 0.05) is 0 Å². The van der Waals surface area contributed by atoms with Crippen LogP contribution in [0.3, 0.4) is 0 Å². The van der Waals surface area contributed by atoms with Gasteiger partial charge in [-0.25, -0.2) is 0 Å². The molecule has 29 heavy (non-hydrogen) atoms. The molecule has 0 saturated heterocycles. The summed E-state index contributed by atoms with van der Waals surface area (Å²) in [7, 11) is 1.53. The van der Waals surface area contributed by atoms with E-state index in [4.69, 9.17) is 9.47 Å². The van der Waals surface area contributed by atoms with Gasteiger partial charge < -0.3 is 19.4 Å². The van der Waals surface area contributed by atoms with Gasteiger partial charge in [0.1, 0.15) is 6.61 Å². The van der Waals surface area contributed by atoms with Crippen molar-refractivity contribution in [3.63, 3.8) is 0 Å². The van der Waals surface area contributed by atoms with E-state index in [1.54, 1.807) is 43.3 Å². The number of carbonyl (C=O) groups excluding carboxylic acids is 2. The van der Waals surface area contributed by atoms with Crippen molar-refractivity contribution in [2.45, 2.75) is 6.92 Å². The van der Waals surface area contributed by atoms with Crippen molar-refractivity contribution in [2.24, 2.45) is 5.10 Å². The summed E-state index contributed by atoms with van der Waals surface area (Å²) in [6, 6.07) is 11.2. The molecule has 0 aliphatic carbocycles. The molecule has 0 spiro atoms. The first kappa shape index (κ1) is 19.9. The van der Waals surface area contributed by atoms with Gasteiger partial charge in [-0.3, -0.25) is 4.79 Å². The molecule has 0 fully saturated rings. The Hall–Kier alpha value is -3.87. The summed E-state index contributed by atoms with van der Waals surface area (Å²) < 4.78 is 10.9. The Balaban J connectivity index is 1.90. The fourth-order valence-electron chi connectivity index (χ4n) is 2.83. The van der Waals surface area contributed by atoms with Crippen molar-refractivity contribution in [3.8, 4) is 11.5 Å². The molecule has 1 heterocycles. The van der Waals surface area contributed by atoms with Crippen LogP contribution < -0.4 is 19.6 Å². The van der Waals surface area contributed by atoms with Crippen LogP contribution in [0.5, 0.6) is 11.5 Å². The molecule has 1 amide bonds. The number of carboxylic acid groups (broad SMARTS) is 1. The summed E-state index contributed by atoms with van der Waals surface area (Å²) in [6.45, 7) is 5.68. The van der Waals surface area contributed by atoms with Crippen LogP contribution in [0.4, 0.5) is 5.69 Å². The summed E-state index contributed by atoms with van der Waals surface area (Å²) in [6.07, 6.45) is 3.33. The average Bonchev–Trinajstić information content (AvgIpc) is 3.01. The van der Waals surface area contributed by atoms with Gasteiger partial charge >= 0.3 is 0 Å². The van der Waals surface area contributed by atoms with Gasteiger partial charge in [0.15, 0.2) is 11.5 Å². The SMILES string of the molecule is C=CCOc1ccc(/C=C2\C(=O)N(c3cccc(C(=O)[O-])c3)N=C2C)cc1OC. The Labute approximate surface area is 168 Å². The number of aromatic carboxylic acids is 1. The average molecular weight is 391 g/mol. The Kier molecular flexibility index (Phi) is 5.78. The molecule has 0 aromatic heterocycles. The minimum atomic E-state index is -1.32. The first-order valence-corrected chi connectivity index (χ1v) is 8.79. The van der Waals surface area contributed by atoms with Gasteiger partial charge in [-0.15, -0.1) is 0 Å². The Morgan fingerprint density at radius 1 is 1.24 bits per heavy atom. The van der Waals surface area contributed by atoms with Crippen LogP contribution in [0, 0.1) is 0 Å². The van der Waals surface area contributed by atoms with Crippen molar-refractivity contribution in [1.29, 1.82) is 0 Å². The zero-order chi connectivity index (χ0) is 21.0. The lowest BCUT2D eigenvalue weighted by atomic mass is 10.1. The number of ether oxygens (including phenoxy) is 2. The third-order valence-corrected chi connectivity index (χ3v) is 4.24. The zero-order valence-electron chi connectivity index (χ0n) is 16.0. The van der Waals surface area contributed by atoms with E-state index in [1.807, 2.05) is 0 Å². The topological polar surface area (TPSA) is 91.3 Å². The number of hydrogen-bond donors (Lipinski definition) is 0. The summed E-state index contributed by atoms with van der Waals surface area (Å²) in [5.74, 6) is -0.581. The number of carboxylic acids is 1. The van der Waals surface area contributed by atoms with Gasteiger partial charge in [-0.1, -0.05) is 30.9 Å². The van der Waals surface area contributed by atoms with E-state index in [-0.39, 0.29) is 11.5 Å². The van der Waals surface area contributed by atoms with Crippen LogP contribution in [0.15, 0.2) is 65.8 Å². The number of hydrogen-bond acceptors (Lipinski definition) is 6.